The molecule has 2 bridgehead atoms. The maximum Gasteiger partial charge on any atom is 0.408 e. The number of ether oxygens (including phenoxy) is 9. The molecule has 3 aromatic carbocycles. The van der Waals surface area contributed by atoms with Crippen LogP contribution >= 0.6 is 0 Å². The summed E-state index contributed by atoms with van der Waals surface area (Å²) in [5.74, 6) is -9.02. The predicted molar refractivity (Wildman–Crippen MR) is 349 cm³/mol. The second-order valence-corrected chi connectivity index (χ2v) is 29.5. The van der Waals surface area contributed by atoms with Crippen LogP contribution in [0.4, 0.5) is 9.59 Å². The normalized spacial score (nSPS) is 29.7. The number of sulfonamides is 1. The molecule has 4 unspecified atom stereocenters. The van der Waals surface area contributed by atoms with E-state index in [1.807, 2.05) is 0 Å². The van der Waals surface area contributed by atoms with Crippen molar-refractivity contribution < 1.29 is 115 Å². The average Bonchev–Trinajstić information content (AvgIpc) is 0.753. The number of hydrazone groups is 1. The highest BCUT2D eigenvalue weighted by Gasteiger charge is 2.86. The van der Waals surface area contributed by atoms with Crippen molar-refractivity contribution in [2.45, 2.75) is 196 Å². The number of nitrogens with one attached hydrogen (secondary N) is 4. The molecule has 99 heavy (non-hydrogen) atoms. The van der Waals surface area contributed by atoms with Gasteiger partial charge in [0.2, 0.25) is 6.10 Å². The van der Waals surface area contributed by atoms with E-state index < -0.39 is 171 Å². The highest BCUT2D eigenvalue weighted by atomic mass is 32.2. The zero-order chi connectivity index (χ0) is 72.6. The van der Waals surface area contributed by atoms with Gasteiger partial charge in [-0.25, -0.2) is 24.0 Å². The van der Waals surface area contributed by atoms with Gasteiger partial charge in [-0.2, -0.15) is 13.5 Å². The van der Waals surface area contributed by atoms with Crippen molar-refractivity contribution in [2.75, 3.05) is 46.7 Å². The van der Waals surface area contributed by atoms with Gasteiger partial charge in [0.25, 0.3) is 15.9 Å². The number of esters is 4. The van der Waals surface area contributed by atoms with Gasteiger partial charge < -0.3 is 84.1 Å². The standard InChI is InChI=1S/C69H93N5O24S/c1-39-49(37-67(86)61(96-58(81)44-21-15-12-16-22-44)69(87)66(9,56(79)54(78)52(39)65(67,7)8)50(77)36-51-68(69,38-93-51)97-41(3)76)94-60(83)55(53(42-19-13-11-14-20-42)72-63(85)98-64(4,5)6)95-59(82)45-24-27-46(35-45)73-74-99(88,89)47-28-25-43(26-29-47)57(80)71-48(40(2)75)23-17-18-30-70-62(84)92-34-33-91-32-31-90-10/h11-16,19-22,25-26,28-29,39,45,48-56,61,74,77-79,86-87H,17-18,23-24,27,30-38H2,1-10H3,(H,70,84)(H,71,80)(H,72,85)/b73-46+/t39-,45?,48?,49?,50+,51-,52?,53+,54-,55-,56-,61-,66+,67-,68+,69-/m0/s1. The third-order valence-corrected chi connectivity index (χ3v) is 21.2. The molecule has 8 rings (SSSR count). The molecule has 0 radical (unpaired) electrons. The number of hydrogen-bond acceptors (Lipinski definition) is 25. The van der Waals surface area contributed by atoms with Crippen molar-refractivity contribution in [3.63, 3.8) is 0 Å². The van der Waals surface area contributed by atoms with Crippen LogP contribution in [0.5, 0.6) is 0 Å². The molecule has 3 aromatic rings. The first-order valence-corrected chi connectivity index (χ1v) is 34.5. The molecule has 29 nitrogen and oxygen atoms in total. The van der Waals surface area contributed by atoms with E-state index >= 15 is 4.79 Å². The maximum absolute atomic E-state index is 15.6. The van der Waals surface area contributed by atoms with Gasteiger partial charge in [-0.05, 0) is 108 Å². The van der Waals surface area contributed by atoms with E-state index in [-0.39, 0.29) is 84.9 Å². The first-order chi connectivity index (χ1) is 46.6. The van der Waals surface area contributed by atoms with Crippen LogP contribution < -0.4 is 20.8 Å². The smallest absolute Gasteiger partial charge is 0.408 e. The number of fused-ring (bicyclic) bond motifs is 5. The van der Waals surface area contributed by atoms with Gasteiger partial charge in [0.15, 0.2) is 23.1 Å². The minimum Gasteiger partial charge on any atom is -0.459 e. The largest absolute Gasteiger partial charge is 0.459 e. The number of Topliss-reactive ketones (excluding diaryl/α,β-unsaturated/α-hetero) is 1. The molecule has 1 heterocycles. The maximum atomic E-state index is 15.6. The molecule has 4 saturated carbocycles. The second-order valence-electron chi connectivity index (χ2n) is 27.8. The average molecular weight is 1410 g/mol. The molecule has 3 amide bonds. The van der Waals surface area contributed by atoms with Gasteiger partial charge in [0.05, 0.1) is 72.6 Å². The number of benzene rings is 3. The van der Waals surface area contributed by atoms with Gasteiger partial charge in [-0.1, -0.05) is 76.2 Å². The number of nitrogens with zero attached hydrogens (tertiary/aromatic N) is 1. The van der Waals surface area contributed by atoms with Crippen molar-refractivity contribution >= 4 is 63.5 Å². The minimum atomic E-state index is -4.41. The van der Waals surface area contributed by atoms with Crippen LogP contribution in [-0.4, -0.2) is 205 Å². The highest BCUT2D eigenvalue weighted by Crippen LogP contribution is 2.67. The fourth-order valence-corrected chi connectivity index (χ4v) is 15.4. The van der Waals surface area contributed by atoms with Crippen LogP contribution in [0.15, 0.2) is 94.9 Å². The summed E-state index contributed by atoms with van der Waals surface area (Å²) in [4.78, 5) is 112. The molecule has 4 aliphatic carbocycles. The monoisotopic (exact) mass is 1410 g/mol. The summed E-state index contributed by atoms with van der Waals surface area (Å²) in [6.07, 6.45) is -15.2. The fraction of sp³-hybridized carbons (Fsp3) is 0.609. The lowest BCUT2D eigenvalue weighted by atomic mass is 9.40. The Bertz CT molecular complexity index is 3540. The van der Waals surface area contributed by atoms with Gasteiger partial charge in [0.1, 0.15) is 36.1 Å². The zero-order valence-corrected chi connectivity index (χ0v) is 58.1. The number of aliphatic hydroxyl groups excluding tert-OH is 3. The summed E-state index contributed by atoms with van der Waals surface area (Å²) >= 11 is 0. The van der Waals surface area contributed by atoms with Crippen molar-refractivity contribution in [2.24, 2.45) is 33.7 Å². The number of alkyl carbamates (subject to hydrolysis) is 2. The first-order valence-electron chi connectivity index (χ1n) is 33.0. The molecular weight excluding hydrogens is 1310 g/mol. The molecule has 9 N–H and O–H groups in total. The number of ketones is 1. The van der Waals surface area contributed by atoms with Crippen molar-refractivity contribution in [3.8, 4) is 0 Å². The van der Waals surface area contributed by atoms with E-state index in [0.29, 0.717) is 26.1 Å². The van der Waals surface area contributed by atoms with Crippen LogP contribution in [0.2, 0.25) is 0 Å². The molecule has 30 heteroatoms. The molecule has 544 valence electrons. The summed E-state index contributed by atoms with van der Waals surface area (Å²) in [6.45, 7) is 13.6. The number of rotatable bonds is 27. The van der Waals surface area contributed by atoms with Crippen molar-refractivity contribution in [3.05, 3.63) is 102 Å². The molecule has 0 aromatic heterocycles. The lowest BCUT2D eigenvalue weighted by Gasteiger charge is -2.73. The lowest BCUT2D eigenvalue weighted by molar-refractivity contribution is -0.432. The molecule has 16 atom stereocenters. The molecule has 5 fully saturated rings. The van der Waals surface area contributed by atoms with E-state index in [9.17, 15) is 67.5 Å². The van der Waals surface area contributed by atoms with E-state index in [0.717, 1.165) is 19.1 Å². The number of carbonyl (C=O) groups is 8. The number of unbranched alkanes of at least 4 members (excludes halogenated alkanes) is 1. The van der Waals surface area contributed by atoms with Crippen LogP contribution in [0, 0.1) is 28.6 Å². The Labute approximate surface area is 574 Å². The van der Waals surface area contributed by atoms with Crippen LogP contribution in [0.1, 0.15) is 146 Å². The number of amides is 3. The number of carbonyl (C=O) groups excluding carboxylic acids is 8. The van der Waals surface area contributed by atoms with Crippen molar-refractivity contribution in [1.82, 2.24) is 20.8 Å². The van der Waals surface area contributed by atoms with Gasteiger partial charge in [-0.15, -0.1) is 0 Å². The third kappa shape index (κ3) is 16.4. The Kier molecular flexibility index (Phi) is 24.5. The van der Waals surface area contributed by atoms with E-state index in [4.69, 9.17) is 42.6 Å². The number of aliphatic hydroxyl groups is 5. The predicted octanol–water partition coefficient (Wildman–Crippen LogP) is 4.03. The number of methoxy groups -OCH3 is 1. The quantitative estimate of drug-likeness (QED) is 0.0225. The lowest BCUT2D eigenvalue weighted by Crippen LogP contribution is -2.92. The third-order valence-electron chi connectivity index (χ3n) is 20.0. The molecule has 1 saturated heterocycles. The molecule has 0 spiro atoms. The Morgan fingerprint density at radius 1 is 0.808 bits per heavy atom. The summed E-state index contributed by atoms with van der Waals surface area (Å²) < 4.78 is 78.9. The van der Waals surface area contributed by atoms with Gasteiger partial charge >= 0.3 is 36.1 Å². The van der Waals surface area contributed by atoms with E-state index in [1.54, 1.807) is 59.1 Å². The molecule has 1 aliphatic heterocycles. The van der Waals surface area contributed by atoms with Gasteiger partial charge in [0, 0.05) is 62.4 Å². The Morgan fingerprint density at radius 3 is 2.08 bits per heavy atom. The first kappa shape index (κ1) is 77.1. The minimum absolute atomic E-state index is 0.0176. The van der Waals surface area contributed by atoms with Crippen LogP contribution in [0.3, 0.4) is 0 Å². The fourth-order valence-electron chi connectivity index (χ4n) is 14.6. The molecular formula is C69H93N5O24S. The Balaban J connectivity index is 1.03. The summed E-state index contributed by atoms with van der Waals surface area (Å²) in [6, 6.07) is 17.7. The van der Waals surface area contributed by atoms with Crippen molar-refractivity contribution in [1.29, 1.82) is 0 Å². The topological polar surface area (TPSA) is 415 Å². The second kappa shape index (κ2) is 31.5. The summed E-state index contributed by atoms with van der Waals surface area (Å²) in [7, 11) is -2.87. The van der Waals surface area contributed by atoms with E-state index in [2.05, 4.69) is 25.9 Å². The summed E-state index contributed by atoms with van der Waals surface area (Å²) in [5.41, 5.74) is -13.0. The van der Waals surface area contributed by atoms with Gasteiger partial charge in [-0.3, -0.25) is 19.2 Å². The molecule has 5 aliphatic rings. The Hall–Kier alpha value is -7.68. The van der Waals surface area contributed by atoms with E-state index in [1.165, 1.54) is 76.2 Å². The Morgan fingerprint density at radius 2 is 1.46 bits per heavy atom. The summed E-state index contributed by atoms with van der Waals surface area (Å²) in [5, 5.41) is 77.9. The van der Waals surface area contributed by atoms with Crippen LogP contribution in [0.25, 0.3) is 0 Å². The van der Waals surface area contributed by atoms with Crippen LogP contribution in [-0.2, 0) is 71.8 Å². The zero-order valence-electron chi connectivity index (χ0n) is 57.3. The highest BCUT2D eigenvalue weighted by molar-refractivity contribution is 7.89. The SMILES string of the molecule is COCCOCCOC(=O)NCCCCC(NC(=O)c1ccc(S(=O)(=O)N/N=C2\CCC(C(=O)O[C@H](C(=O)OC3C[C@]4(O)[C@H](OC(=O)c5ccccc5)[C@]5(O)[C@](C)([C@H](O)C[C@@H]6OC[C@@]65OC(C)=O)[C@@H](O)[C@@H](O)C([C@H]3C)C4(C)C)[C@H](NC(=O)OC(C)(C)C)c3ccccc3)C2)cc1)C(C)=O. The number of hydrogen-bond donors (Lipinski definition) is 9.